The summed E-state index contributed by atoms with van der Waals surface area (Å²) in [5.74, 6) is 0. The third-order valence-electron chi connectivity index (χ3n) is 1.71. The highest BCUT2D eigenvalue weighted by Crippen LogP contribution is 2.05. The van der Waals surface area contributed by atoms with Crippen LogP contribution < -0.4 is 0 Å². The van der Waals surface area contributed by atoms with Gasteiger partial charge in [-0.05, 0) is 0 Å². The number of rotatable bonds is 6. The quantitative estimate of drug-likeness (QED) is 0.551. The van der Waals surface area contributed by atoms with Gasteiger partial charge in [-0.1, -0.05) is 58.8 Å². The molecule has 0 saturated carbocycles. The fraction of sp³-hybridized carbons (Fsp3) is 1.00. The summed E-state index contributed by atoms with van der Waals surface area (Å²) in [6, 6.07) is 0. The maximum atomic E-state index is 2.26. The molecule has 0 nitrogen and oxygen atoms in total. The number of hydrogen-bond donors (Lipinski definition) is 0. The third kappa shape index (κ3) is 18.0. The Hall–Kier alpha value is 0.580. The van der Waals surface area contributed by atoms with E-state index >= 15 is 0 Å². The molecule has 0 aliphatic rings. The summed E-state index contributed by atoms with van der Waals surface area (Å²) in [5.41, 5.74) is 0. The Labute approximate surface area is 84.0 Å². The molecule has 0 aromatic rings. The summed E-state index contributed by atoms with van der Waals surface area (Å²) < 4.78 is 0. The van der Waals surface area contributed by atoms with E-state index in [1.807, 2.05) is 0 Å². The first kappa shape index (κ1) is 17.6. The molecule has 0 rings (SSSR count). The molecule has 0 atom stereocenters. The van der Waals surface area contributed by atoms with Crippen LogP contribution in [-0.4, -0.2) is 0 Å². The topological polar surface area (TPSA) is 0 Å². The maximum absolute atomic E-state index is 2.26. The maximum Gasteiger partial charge on any atom is -0.0533 e. The lowest BCUT2D eigenvalue weighted by Crippen LogP contribution is -1.76. The Balaban J connectivity index is -0.000000320. The minimum Gasteiger partial charge on any atom is -0.147 e. The fourth-order valence-corrected chi connectivity index (χ4v) is 1.03. The molecule has 0 unspecified atom stereocenters. The molecule has 72 valence electrons. The third-order valence-corrected chi connectivity index (χ3v) is 1.71. The van der Waals surface area contributed by atoms with Crippen LogP contribution in [0.15, 0.2) is 0 Å². The lowest BCUT2D eigenvalue weighted by atomic mass is 10.1. The summed E-state index contributed by atoms with van der Waals surface area (Å²) in [4.78, 5) is 0. The predicted octanol–water partition coefficient (Wildman–Crippen LogP) is 4.60. The second-order valence-electron chi connectivity index (χ2n) is 2.77. The lowest BCUT2D eigenvalue weighted by molar-refractivity contribution is 0.602. The Kier molecular flexibility index (Phi) is 27.1. The molecule has 0 bridgehead atoms. The first-order chi connectivity index (χ1) is 4.41. The van der Waals surface area contributed by atoms with Crippen LogP contribution in [0.2, 0.25) is 0 Å². The van der Waals surface area contributed by atoms with Crippen LogP contribution in [0.3, 0.4) is 0 Å². The van der Waals surface area contributed by atoms with Gasteiger partial charge in [0.25, 0.3) is 0 Å². The Morgan fingerprint density at radius 2 is 0.818 bits per heavy atom. The molecule has 0 aliphatic heterocycles. The molecule has 0 fully saturated rings. The van der Waals surface area contributed by atoms with Crippen molar-refractivity contribution in [3.63, 3.8) is 0 Å². The van der Waals surface area contributed by atoms with Gasteiger partial charge in [0.05, 0.1) is 0 Å². The van der Waals surface area contributed by atoms with Crippen LogP contribution in [0.4, 0.5) is 0 Å². The van der Waals surface area contributed by atoms with Crippen molar-refractivity contribution in [1.82, 2.24) is 0 Å². The van der Waals surface area contributed by atoms with Crippen LogP contribution in [-0.2, 0) is 0 Å². The highest BCUT2D eigenvalue weighted by atomic mass is 35.5. The van der Waals surface area contributed by atoms with Crippen LogP contribution in [0.25, 0.3) is 0 Å². The first-order valence-electron chi connectivity index (χ1n) is 4.41. The minimum atomic E-state index is 0. The van der Waals surface area contributed by atoms with Gasteiger partial charge in [-0.3, -0.25) is 0 Å². The van der Waals surface area contributed by atoms with E-state index in [2.05, 4.69) is 13.8 Å². The van der Waals surface area contributed by atoms with E-state index < -0.39 is 0 Å². The molecular weight excluding hydrogens is 179 g/mol. The van der Waals surface area contributed by atoms with E-state index in [0.29, 0.717) is 0 Å². The molecule has 0 amide bonds. The Morgan fingerprint density at radius 1 is 0.545 bits per heavy atom. The zero-order chi connectivity index (χ0) is 6.95. The summed E-state index contributed by atoms with van der Waals surface area (Å²) in [7, 11) is 0. The van der Waals surface area contributed by atoms with Gasteiger partial charge in [-0.25, -0.2) is 0 Å². The van der Waals surface area contributed by atoms with E-state index in [1.54, 1.807) is 0 Å². The molecule has 0 saturated heterocycles. The molecule has 0 heterocycles. The van der Waals surface area contributed by atoms with Gasteiger partial charge in [0, 0.05) is 0 Å². The van der Waals surface area contributed by atoms with Crippen molar-refractivity contribution < 1.29 is 0 Å². The van der Waals surface area contributed by atoms with E-state index in [9.17, 15) is 0 Å². The SMILES string of the molecule is CCCCCCCCC.Cl.Cl. The van der Waals surface area contributed by atoms with E-state index in [0.717, 1.165) is 0 Å². The van der Waals surface area contributed by atoms with Crippen LogP contribution >= 0.6 is 24.8 Å². The highest BCUT2D eigenvalue weighted by molar-refractivity contribution is 5.85. The van der Waals surface area contributed by atoms with Crippen LogP contribution in [0.1, 0.15) is 58.8 Å². The summed E-state index contributed by atoms with van der Waals surface area (Å²) >= 11 is 0. The standard InChI is InChI=1S/C9H20.2ClH/c1-3-5-7-9-8-6-4-2;;/h3-9H2,1-2H3;2*1H. The van der Waals surface area contributed by atoms with Crippen LogP contribution in [0.5, 0.6) is 0 Å². The van der Waals surface area contributed by atoms with Crippen molar-refractivity contribution in [2.75, 3.05) is 0 Å². The van der Waals surface area contributed by atoms with Gasteiger partial charge in [-0.2, -0.15) is 0 Å². The molecule has 0 aromatic carbocycles. The molecule has 0 aromatic heterocycles. The van der Waals surface area contributed by atoms with Crippen molar-refractivity contribution in [3.05, 3.63) is 0 Å². The fourth-order valence-electron chi connectivity index (χ4n) is 1.03. The highest BCUT2D eigenvalue weighted by Gasteiger charge is 1.85. The number of halogens is 2. The Bertz CT molecular complexity index is 40.8. The molecule has 0 aliphatic carbocycles. The normalized spacial score (nSPS) is 8.18. The number of hydrogen-bond acceptors (Lipinski definition) is 0. The van der Waals surface area contributed by atoms with Gasteiger partial charge >= 0.3 is 0 Å². The summed E-state index contributed by atoms with van der Waals surface area (Å²) in [5, 5.41) is 0. The van der Waals surface area contributed by atoms with Gasteiger partial charge < -0.3 is 0 Å². The smallest absolute Gasteiger partial charge is 0.0533 e. The van der Waals surface area contributed by atoms with Gasteiger partial charge in [0.15, 0.2) is 0 Å². The molecule has 0 spiro atoms. The summed E-state index contributed by atoms with van der Waals surface area (Å²) in [6.45, 7) is 4.53. The molecule has 0 radical (unpaired) electrons. The molecule has 0 N–H and O–H groups in total. The minimum absolute atomic E-state index is 0. The van der Waals surface area contributed by atoms with Crippen LogP contribution in [0, 0.1) is 0 Å². The zero-order valence-corrected chi connectivity index (χ0v) is 9.40. The molecule has 11 heavy (non-hydrogen) atoms. The van der Waals surface area contributed by atoms with E-state index in [-0.39, 0.29) is 24.8 Å². The predicted molar refractivity (Wildman–Crippen MR) is 58.2 cm³/mol. The Morgan fingerprint density at radius 3 is 1.09 bits per heavy atom. The lowest BCUT2D eigenvalue weighted by Gasteiger charge is -1.96. The van der Waals surface area contributed by atoms with Crippen molar-refractivity contribution in [2.24, 2.45) is 0 Å². The second kappa shape index (κ2) is 16.9. The average Bonchev–Trinajstić information content (AvgIpc) is 1.89. The van der Waals surface area contributed by atoms with Gasteiger partial charge in [-0.15, -0.1) is 24.8 Å². The average molecular weight is 201 g/mol. The molecular formula is C9H22Cl2. The number of unbranched alkanes of at least 4 members (excludes halogenated alkanes) is 6. The summed E-state index contributed by atoms with van der Waals surface area (Å²) in [6.07, 6.45) is 9.97. The zero-order valence-electron chi connectivity index (χ0n) is 7.77. The largest absolute Gasteiger partial charge is 0.147 e. The van der Waals surface area contributed by atoms with Gasteiger partial charge in [0.1, 0.15) is 0 Å². The van der Waals surface area contributed by atoms with E-state index in [1.165, 1.54) is 44.9 Å². The van der Waals surface area contributed by atoms with Crippen molar-refractivity contribution >= 4 is 24.8 Å². The van der Waals surface area contributed by atoms with Gasteiger partial charge in [0.2, 0.25) is 0 Å². The monoisotopic (exact) mass is 200 g/mol. The van der Waals surface area contributed by atoms with Crippen molar-refractivity contribution in [1.29, 1.82) is 0 Å². The van der Waals surface area contributed by atoms with E-state index in [4.69, 9.17) is 0 Å². The molecule has 2 heteroatoms. The van der Waals surface area contributed by atoms with Crippen molar-refractivity contribution in [3.8, 4) is 0 Å². The first-order valence-corrected chi connectivity index (χ1v) is 4.41. The second-order valence-corrected chi connectivity index (χ2v) is 2.77. The van der Waals surface area contributed by atoms with Crippen molar-refractivity contribution in [2.45, 2.75) is 58.8 Å².